The molecule has 0 aliphatic heterocycles. The third-order valence-corrected chi connectivity index (χ3v) is 4.24. The molecule has 2 atom stereocenters. The lowest BCUT2D eigenvalue weighted by Gasteiger charge is -2.33. The monoisotopic (exact) mass is 278 g/mol. The van der Waals surface area contributed by atoms with Crippen LogP contribution in [-0.4, -0.2) is 42.7 Å². The van der Waals surface area contributed by atoms with Gasteiger partial charge in [-0.25, -0.2) is 4.79 Å². The highest BCUT2D eigenvalue weighted by molar-refractivity contribution is 5.80. The van der Waals surface area contributed by atoms with Crippen molar-refractivity contribution < 1.29 is 9.90 Å². The second-order valence-electron chi connectivity index (χ2n) is 5.31. The van der Waals surface area contributed by atoms with Gasteiger partial charge < -0.3 is 15.3 Å². The third-order valence-electron chi connectivity index (χ3n) is 4.24. The molecule has 0 saturated heterocycles. The number of benzene rings is 1. The van der Waals surface area contributed by atoms with Crippen molar-refractivity contribution in [2.24, 2.45) is 0 Å². The Morgan fingerprint density at radius 1 is 1.40 bits per heavy atom. The van der Waals surface area contributed by atoms with Crippen LogP contribution in [0, 0.1) is 0 Å². The van der Waals surface area contributed by atoms with Crippen molar-refractivity contribution in [3.8, 4) is 0 Å². The van der Waals surface area contributed by atoms with Crippen LogP contribution in [0.5, 0.6) is 0 Å². The molecular formula is C16H26N2O2. The van der Waals surface area contributed by atoms with Gasteiger partial charge in [0.25, 0.3) is 0 Å². The summed E-state index contributed by atoms with van der Waals surface area (Å²) >= 11 is 0. The molecule has 0 aliphatic carbocycles. The molecule has 4 heteroatoms. The van der Waals surface area contributed by atoms with Crippen LogP contribution in [-0.2, 0) is 10.3 Å². The van der Waals surface area contributed by atoms with Crippen LogP contribution in [0.15, 0.2) is 30.3 Å². The zero-order valence-electron chi connectivity index (χ0n) is 12.9. The summed E-state index contributed by atoms with van der Waals surface area (Å²) < 4.78 is 0. The topological polar surface area (TPSA) is 52.6 Å². The van der Waals surface area contributed by atoms with Crippen LogP contribution in [0.25, 0.3) is 0 Å². The molecule has 2 unspecified atom stereocenters. The number of likely N-dealkylation sites (N-methyl/N-ethyl adjacent to an activating group) is 1. The number of nitrogens with one attached hydrogen (secondary N) is 1. The second kappa shape index (κ2) is 7.41. The Bertz CT molecular complexity index is 422. The average molecular weight is 278 g/mol. The van der Waals surface area contributed by atoms with Crippen LogP contribution in [0.3, 0.4) is 0 Å². The van der Waals surface area contributed by atoms with Gasteiger partial charge in [0, 0.05) is 12.6 Å². The van der Waals surface area contributed by atoms with Gasteiger partial charge in [-0.15, -0.1) is 0 Å². The van der Waals surface area contributed by atoms with E-state index in [1.807, 2.05) is 37.4 Å². The third kappa shape index (κ3) is 3.58. The second-order valence-corrected chi connectivity index (χ2v) is 5.31. The lowest BCUT2D eigenvalue weighted by molar-refractivity contribution is -0.145. The number of aliphatic carboxylic acids is 1. The molecule has 1 aromatic rings. The van der Waals surface area contributed by atoms with Gasteiger partial charge in [0.15, 0.2) is 0 Å². The predicted octanol–water partition coefficient (Wildman–Crippen LogP) is 2.31. The largest absolute Gasteiger partial charge is 0.480 e. The number of hydrogen-bond donors (Lipinski definition) is 2. The molecule has 0 radical (unpaired) electrons. The normalized spacial score (nSPS) is 15.8. The van der Waals surface area contributed by atoms with Gasteiger partial charge in [0.1, 0.15) is 5.54 Å². The molecular weight excluding hydrogens is 252 g/mol. The van der Waals surface area contributed by atoms with E-state index in [2.05, 4.69) is 24.1 Å². The molecule has 0 heterocycles. The fourth-order valence-electron chi connectivity index (χ4n) is 2.35. The van der Waals surface area contributed by atoms with E-state index in [1.165, 1.54) is 0 Å². The Morgan fingerprint density at radius 3 is 2.45 bits per heavy atom. The summed E-state index contributed by atoms with van der Waals surface area (Å²) in [6.07, 6.45) is 1.59. The van der Waals surface area contributed by atoms with E-state index in [0.717, 1.165) is 18.5 Å². The van der Waals surface area contributed by atoms with Crippen LogP contribution < -0.4 is 5.32 Å². The lowest BCUT2D eigenvalue weighted by Crippen LogP contribution is -2.49. The van der Waals surface area contributed by atoms with Crippen molar-refractivity contribution in [3.05, 3.63) is 35.9 Å². The summed E-state index contributed by atoms with van der Waals surface area (Å²) in [5.41, 5.74) is -0.226. The number of hydrogen-bond acceptors (Lipinski definition) is 3. The lowest BCUT2D eigenvalue weighted by atomic mass is 9.86. The quantitative estimate of drug-likeness (QED) is 0.766. The van der Waals surface area contributed by atoms with Gasteiger partial charge in [-0.3, -0.25) is 0 Å². The molecule has 0 bridgehead atoms. The zero-order chi connectivity index (χ0) is 15.2. The minimum Gasteiger partial charge on any atom is -0.480 e. The van der Waals surface area contributed by atoms with Crippen molar-refractivity contribution in [2.75, 3.05) is 20.6 Å². The Morgan fingerprint density at radius 2 is 2.00 bits per heavy atom. The van der Waals surface area contributed by atoms with E-state index in [1.54, 1.807) is 7.05 Å². The van der Waals surface area contributed by atoms with E-state index >= 15 is 0 Å². The van der Waals surface area contributed by atoms with E-state index in [0.29, 0.717) is 12.5 Å². The molecule has 0 fully saturated rings. The summed E-state index contributed by atoms with van der Waals surface area (Å²) in [6.45, 7) is 5.03. The van der Waals surface area contributed by atoms with E-state index in [4.69, 9.17) is 0 Å². The van der Waals surface area contributed by atoms with Crippen LogP contribution >= 0.6 is 0 Å². The maximum absolute atomic E-state index is 11.8. The Kier molecular flexibility index (Phi) is 6.17. The molecule has 1 rings (SSSR count). The van der Waals surface area contributed by atoms with E-state index in [9.17, 15) is 9.90 Å². The maximum atomic E-state index is 11.8. The first-order valence-corrected chi connectivity index (χ1v) is 7.16. The van der Waals surface area contributed by atoms with Gasteiger partial charge in [0.2, 0.25) is 0 Å². The van der Waals surface area contributed by atoms with Crippen LogP contribution in [0.1, 0.15) is 32.3 Å². The van der Waals surface area contributed by atoms with Crippen molar-refractivity contribution in [3.63, 3.8) is 0 Å². The summed E-state index contributed by atoms with van der Waals surface area (Å²) in [5, 5.41) is 12.7. The van der Waals surface area contributed by atoms with Gasteiger partial charge in [-0.1, -0.05) is 37.3 Å². The molecule has 0 saturated carbocycles. The highest BCUT2D eigenvalue weighted by Crippen LogP contribution is 2.26. The van der Waals surface area contributed by atoms with Crippen molar-refractivity contribution in [1.82, 2.24) is 10.2 Å². The first-order valence-electron chi connectivity index (χ1n) is 7.16. The minimum atomic E-state index is -1.02. The first-order chi connectivity index (χ1) is 9.47. The van der Waals surface area contributed by atoms with Gasteiger partial charge in [0.05, 0.1) is 0 Å². The average Bonchev–Trinajstić information content (AvgIpc) is 2.48. The Labute approximate surface area is 121 Å². The van der Waals surface area contributed by atoms with Crippen molar-refractivity contribution in [1.29, 1.82) is 0 Å². The summed E-state index contributed by atoms with van der Waals surface area (Å²) in [6, 6.07) is 9.85. The molecule has 4 nitrogen and oxygen atoms in total. The highest BCUT2D eigenvalue weighted by Gasteiger charge is 2.38. The van der Waals surface area contributed by atoms with Gasteiger partial charge in [-0.05, 0) is 39.4 Å². The molecule has 1 aromatic carbocycles. The van der Waals surface area contributed by atoms with E-state index < -0.39 is 11.5 Å². The van der Waals surface area contributed by atoms with Gasteiger partial charge >= 0.3 is 5.97 Å². The number of carboxylic acids is 1. The number of carbonyl (C=O) groups is 1. The summed E-state index contributed by atoms with van der Waals surface area (Å²) in [5.74, 6) is -0.830. The molecule has 112 valence electrons. The standard InChI is InChI=1S/C16H26N2O2/c1-5-13(2)18(4)12-11-16(17-3,15(19)20)14-9-7-6-8-10-14/h6-10,13,17H,5,11-12H2,1-4H3,(H,19,20). The van der Waals surface area contributed by atoms with E-state index in [-0.39, 0.29) is 0 Å². The first kappa shape index (κ1) is 16.7. The fraction of sp³-hybridized carbons (Fsp3) is 0.562. The molecule has 20 heavy (non-hydrogen) atoms. The molecule has 0 spiro atoms. The molecule has 2 N–H and O–H groups in total. The molecule has 0 amide bonds. The Balaban J connectivity index is 2.94. The smallest absolute Gasteiger partial charge is 0.328 e. The summed E-state index contributed by atoms with van der Waals surface area (Å²) in [4.78, 5) is 14.0. The highest BCUT2D eigenvalue weighted by atomic mass is 16.4. The molecule has 0 aliphatic rings. The maximum Gasteiger partial charge on any atom is 0.328 e. The van der Waals surface area contributed by atoms with Gasteiger partial charge in [-0.2, -0.15) is 0 Å². The van der Waals surface area contributed by atoms with Crippen molar-refractivity contribution in [2.45, 2.75) is 38.3 Å². The number of rotatable bonds is 8. The summed E-state index contributed by atoms with van der Waals surface area (Å²) in [7, 11) is 3.76. The fourth-order valence-corrected chi connectivity index (χ4v) is 2.35. The zero-order valence-corrected chi connectivity index (χ0v) is 12.9. The number of carboxylic acid groups (broad SMARTS) is 1. The Hall–Kier alpha value is -1.39. The SMILES string of the molecule is CCC(C)N(C)CCC(NC)(C(=O)O)c1ccccc1. The minimum absolute atomic E-state index is 0.453. The van der Waals surface area contributed by atoms with Crippen molar-refractivity contribution >= 4 is 5.97 Å². The van der Waals surface area contributed by atoms with Crippen LogP contribution in [0.4, 0.5) is 0 Å². The number of nitrogens with zero attached hydrogens (tertiary/aromatic N) is 1. The molecule has 0 aromatic heterocycles. The van der Waals surface area contributed by atoms with Crippen LogP contribution in [0.2, 0.25) is 0 Å². The predicted molar refractivity (Wildman–Crippen MR) is 81.8 cm³/mol.